The van der Waals surface area contributed by atoms with E-state index in [-0.39, 0.29) is 5.82 Å². The fraction of sp³-hybridized carbons (Fsp3) is 0.200. The Bertz CT molecular complexity index is 352. The molecule has 0 spiro atoms. The Morgan fingerprint density at radius 3 is 2.92 bits per heavy atom. The second kappa shape index (κ2) is 4.74. The van der Waals surface area contributed by atoms with Crippen molar-refractivity contribution >= 4 is 17.3 Å². The summed E-state index contributed by atoms with van der Waals surface area (Å²) < 4.78 is 13.1. The van der Waals surface area contributed by atoms with Crippen LogP contribution in [-0.4, -0.2) is 6.54 Å². The lowest BCUT2D eigenvalue weighted by molar-refractivity contribution is 0.631. The molecule has 0 aliphatic rings. The monoisotopic (exact) mass is 197 g/mol. The Morgan fingerprint density at radius 1 is 1.54 bits per heavy atom. The third-order valence-corrected chi connectivity index (χ3v) is 1.71. The molecule has 1 rings (SSSR count). The first-order valence-corrected chi connectivity index (χ1v) is 4.20. The van der Waals surface area contributed by atoms with Crippen LogP contribution in [0.1, 0.15) is 6.92 Å². The van der Waals surface area contributed by atoms with Crippen LogP contribution in [0.4, 0.5) is 10.1 Å². The Labute approximate surface area is 81.9 Å². The zero-order valence-corrected chi connectivity index (χ0v) is 7.95. The molecule has 0 saturated heterocycles. The molecule has 0 heterocycles. The van der Waals surface area contributed by atoms with E-state index in [0.29, 0.717) is 17.3 Å². The van der Waals surface area contributed by atoms with E-state index in [9.17, 15) is 4.39 Å². The first kappa shape index (κ1) is 9.88. The standard InChI is InChI=1S/C10H9ClFN/c1-2-3-6-13-10-5-4-8(11)7-9(10)12/h4-5,7,13H,6H2,1H3. The van der Waals surface area contributed by atoms with E-state index in [0.717, 1.165) is 0 Å². The molecule has 0 fully saturated rings. The maximum Gasteiger partial charge on any atom is 0.147 e. The molecule has 68 valence electrons. The van der Waals surface area contributed by atoms with Crippen molar-refractivity contribution in [1.29, 1.82) is 0 Å². The van der Waals surface area contributed by atoms with Gasteiger partial charge < -0.3 is 5.32 Å². The largest absolute Gasteiger partial charge is 0.372 e. The van der Waals surface area contributed by atoms with E-state index >= 15 is 0 Å². The molecule has 1 aromatic carbocycles. The molecule has 0 aliphatic heterocycles. The number of hydrogen-bond acceptors (Lipinski definition) is 1. The van der Waals surface area contributed by atoms with Gasteiger partial charge in [0, 0.05) is 5.02 Å². The van der Waals surface area contributed by atoms with Crippen molar-refractivity contribution in [2.45, 2.75) is 6.92 Å². The molecule has 1 nitrogen and oxygen atoms in total. The zero-order valence-electron chi connectivity index (χ0n) is 7.20. The molecule has 0 aliphatic carbocycles. The van der Waals surface area contributed by atoms with Gasteiger partial charge in [0.25, 0.3) is 0 Å². The number of rotatable bonds is 2. The van der Waals surface area contributed by atoms with E-state index < -0.39 is 0 Å². The fourth-order valence-corrected chi connectivity index (χ4v) is 1.02. The van der Waals surface area contributed by atoms with Crippen LogP contribution < -0.4 is 5.32 Å². The molecule has 1 aromatic rings. The molecule has 0 amide bonds. The lowest BCUT2D eigenvalue weighted by Crippen LogP contribution is -2.00. The summed E-state index contributed by atoms with van der Waals surface area (Å²) in [4.78, 5) is 0. The second-order valence-electron chi connectivity index (χ2n) is 2.40. The summed E-state index contributed by atoms with van der Waals surface area (Å²) in [5.41, 5.74) is 0.423. The van der Waals surface area contributed by atoms with Gasteiger partial charge in [-0.05, 0) is 25.1 Å². The number of halogens is 2. The summed E-state index contributed by atoms with van der Waals surface area (Å²) in [6.07, 6.45) is 0. The molecule has 1 N–H and O–H groups in total. The summed E-state index contributed by atoms with van der Waals surface area (Å²) in [5, 5.41) is 3.23. The highest BCUT2D eigenvalue weighted by Crippen LogP contribution is 2.18. The molecule has 0 radical (unpaired) electrons. The van der Waals surface area contributed by atoms with Crippen LogP contribution in [0.2, 0.25) is 5.02 Å². The van der Waals surface area contributed by atoms with Crippen molar-refractivity contribution in [2.24, 2.45) is 0 Å². The Balaban J connectivity index is 2.70. The number of hydrogen-bond donors (Lipinski definition) is 1. The predicted molar refractivity (Wildman–Crippen MR) is 53.3 cm³/mol. The van der Waals surface area contributed by atoms with E-state index in [2.05, 4.69) is 17.2 Å². The lowest BCUT2D eigenvalue weighted by atomic mass is 10.3. The van der Waals surface area contributed by atoms with Crippen LogP contribution in [0.25, 0.3) is 0 Å². The highest BCUT2D eigenvalue weighted by Gasteiger charge is 2.00. The molecular formula is C10H9ClFN. The summed E-state index contributed by atoms with van der Waals surface area (Å²) in [7, 11) is 0. The first-order valence-electron chi connectivity index (χ1n) is 3.82. The smallest absolute Gasteiger partial charge is 0.147 e. The third kappa shape index (κ3) is 2.96. The van der Waals surface area contributed by atoms with E-state index in [1.54, 1.807) is 19.1 Å². The van der Waals surface area contributed by atoms with Crippen LogP contribution in [0.3, 0.4) is 0 Å². The van der Waals surface area contributed by atoms with Crippen molar-refractivity contribution in [1.82, 2.24) is 0 Å². The average molecular weight is 198 g/mol. The van der Waals surface area contributed by atoms with E-state index in [1.807, 2.05) is 0 Å². The average Bonchev–Trinajstić information content (AvgIpc) is 2.09. The van der Waals surface area contributed by atoms with Gasteiger partial charge in [0.2, 0.25) is 0 Å². The van der Waals surface area contributed by atoms with Crippen molar-refractivity contribution in [2.75, 3.05) is 11.9 Å². The van der Waals surface area contributed by atoms with Crippen LogP contribution in [0.15, 0.2) is 18.2 Å². The minimum absolute atomic E-state index is 0.356. The summed E-state index contributed by atoms with van der Waals surface area (Å²) >= 11 is 5.58. The minimum Gasteiger partial charge on any atom is -0.372 e. The summed E-state index contributed by atoms with van der Waals surface area (Å²) in [5.74, 6) is 5.13. The SMILES string of the molecule is CC#CCNc1ccc(Cl)cc1F. The van der Waals surface area contributed by atoms with Gasteiger partial charge in [-0.15, -0.1) is 5.92 Å². The van der Waals surface area contributed by atoms with Gasteiger partial charge in [-0.1, -0.05) is 17.5 Å². The normalized spacial score (nSPS) is 8.85. The maximum atomic E-state index is 13.1. The molecule has 3 heteroatoms. The van der Waals surface area contributed by atoms with E-state index in [4.69, 9.17) is 11.6 Å². The van der Waals surface area contributed by atoms with Crippen LogP contribution >= 0.6 is 11.6 Å². The zero-order chi connectivity index (χ0) is 9.68. The van der Waals surface area contributed by atoms with Gasteiger partial charge in [-0.25, -0.2) is 4.39 Å². The van der Waals surface area contributed by atoms with Crippen LogP contribution in [-0.2, 0) is 0 Å². The predicted octanol–water partition coefficient (Wildman–Crippen LogP) is 2.91. The fourth-order valence-electron chi connectivity index (χ4n) is 0.861. The van der Waals surface area contributed by atoms with Crippen molar-refractivity contribution < 1.29 is 4.39 Å². The van der Waals surface area contributed by atoms with Crippen molar-refractivity contribution in [3.8, 4) is 11.8 Å². The van der Waals surface area contributed by atoms with Gasteiger partial charge in [-0.3, -0.25) is 0 Å². The molecule has 13 heavy (non-hydrogen) atoms. The Hall–Kier alpha value is -1.20. The maximum absolute atomic E-state index is 13.1. The Morgan fingerprint density at radius 2 is 2.31 bits per heavy atom. The number of anilines is 1. The quantitative estimate of drug-likeness (QED) is 0.719. The van der Waals surface area contributed by atoms with Gasteiger partial charge in [-0.2, -0.15) is 0 Å². The van der Waals surface area contributed by atoms with Crippen molar-refractivity contribution in [3.05, 3.63) is 29.0 Å². The van der Waals surface area contributed by atoms with E-state index in [1.165, 1.54) is 6.07 Å². The highest BCUT2D eigenvalue weighted by molar-refractivity contribution is 6.30. The molecule has 0 unspecified atom stereocenters. The van der Waals surface area contributed by atoms with Crippen LogP contribution in [0, 0.1) is 17.7 Å². The molecule has 0 atom stereocenters. The lowest BCUT2D eigenvalue weighted by Gasteiger charge is -2.03. The van der Waals surface area contributed by atoms with Gasteiger partial charge in [0.1, 0.15) is 5.82 Å². The van der Waals surface area contributed by atoms with Crippen molar-refractivity contribution in [3.63, 3.8) is 0 Å². The number of nitrogens with one attached hydrogen (secondary N) is 1. The summed E-state index contributed by atoms with van der Waals surface area (Å²) in [6.45, 7) is 2.18. The first-order chi connectivity index (χ1) is 6.24. The summed E-state index contributed by atoms with van der Waals surface area (Å²) in [6, 6.07) is 4.49. The van der Waals surface area contributed by atoms with Gasteiger partial charge in [0.05, 0.1) is 12.2 Å². The Kier molecular flexibility index (Phi) is 3.60. The van der Waals surface area contributed by atoms with Gasteiger partial charge in [0.15, 0.2) is 0 Å². The number of benzene rings is 1. The minimum atomic E-state index is -0.356. The highest BCUT2D eigenvalue weighted by atomic mass is 35.5. The molecule has 0 aromatic heterocycles. The van der Waals surface area contributed by atoms with Crippen LogP contribution in [0.5, 0.6) is 0 Å². The van der Waals surface area contributed by atoms with Gasteiger partial charge >= 0.3 is 0 Å². The third-order valence-electron chi connectivity index (χ3n) is 1.48. The topological polar surface area (TPSA) is 12.0 Å². The molecule has 0 bridgehead atoms. The molecular weight excluding hydrogens is 189 g/mol. The molecule has 0 saturated carbocycles. The second-order valence-corrected chi connectivity index (χ2v) is 2.84.